The van der Waals surface area contributed by atoms with Crippen molar-refractivity contribution in [2.24, 2.45) is 0 Å². The van der Waals surface area contributed by atoms with Crippen molar-refractivity contribution >= 4 is 11.8 Å². The van der Waals surface area contributed by atoms with E-state index in [0.29, 0.717) is 0 Å². The lowest BCUT2D eigenvalue weighted by atomic mass is 10.1. The summed E-state index contributed by atoms with van der Waals surface area (Å²) in [4.78, 5) is 2.92. The van der Waals surface area contributed by atoms with Gasteiger partial charge < -0.3 is 0 Å². The average molecular weight is 190 g/mol. The Morgan fingerprint density at radius 1 is 1.00 bits per heavy atom. The van der Waals surface area contributed by atoms with Crippen LogP contribution in [0.5, 0.6) is 0 Å². The first-order valence-corrected chi connectivity index (χ1v) is 5.69. The van der Waals surface area contributed by atoms with E-state index in [9.17, 15) is 0 Å². The van der Waals surface area contributed by atoms with Gasteiger partial charge >= 0.3 is 0 Å². The van der Waals surface area contributed by atoms with Gasteiger partial charge in [-0.1, -0.05) is 36.0 Å². The molecule has 0 nitrogen and oxygen atoms in total. The lowest BCUT2D eigenvalue weighted by Crippen LogP contribution is -1.87. The van der Waals surface area contributed by atoms with Crippen LogP contribution in [0.2, 0.25) is 0 Å². The van der Waals surface area contributed by atoms with Gasteiger partial charge in [0.25, 0.3) is 0 Å². The summed E-state index contributed by atoms with van der Waals surface area (Å²) in [5.41, 5.74) is 0. The lowest BCUT2D eigenvalue weighted by molar-refractivity contribution is 0.723. The Balaban J connectivity index is 2.01. The number of hydrogen-bond donors (Lipinski definition) is 0. The van der Waals surface area contributed by atoms with Crippen molar-refractivity contribution in [1.82, 2.24) is 0 Å². The molecule has 0 aromatic heterocycles. The highest BCUT2D eigenvalue weighted by atomic mass is 32.2. The maximum Gasteiger partial charge on any atom is 0.0118 e. The molecule has 0 amide bonds. The maximum absolute atomic E-state index is 2.39. The van der Waals surface area contributed by atoms with Crippen molar-refractivity contribution < 1.29 is 0 Å². The summed E-state index contributed by atoms with van der Waals surface area (Å²) in [7, 11) is 0. The van der Waals surface area contributed by atoms with Crippen molar-refractivity contribution in [3.8, 4) is 0 Å². The van der Waals surface area contributed by atoms with E-state index >= 15 is 0 Å². The number of thioether (sulfide) groups is 1. The summed E-state index contributed by atoms with van der Waals surface area (Å²) < 4.78 is 0. The minimum atomic E-state index is 1.27. The molecule has 1 aromatic carbocycles. The summed E-state index contributed by atoms with van der Waals surface area (Å²) in [5, 5.41) is 0. The van der Waals surface area contributed by atoms with Crippen LogP contribution in [-0.2, 0) is 0 Å². The van der Waals surface area contributed by atoms with E-state index in [1.807, 2.05) is 11.8 Å². The minimum absolute atomic E-state index is 1.27. The summed E-state index contributed by atoms with van der Waals surface area (Å²) in [6, 6.07) is 10.6. The first kappa shape index (κ1) is 8.89. The van der Waals surface area contributed by atoms with Gasteiger partial charge in [-0.2, -0.15) is 0 Å². The Morgan fingerprint density at radius 3 is 2.54 bits per heavy atom. The van der Waals surface area contributed by atoms with Gasteiger partial charge in [-0.05, 0) is 42.7 Å². The lowest BCUT2D eigenvalue weighted by Gasteiger charge is -2.11. The second-order valence-corrected chi connectivity index (χ2v) is 4.53. The fourth-order valence-corrected chi connectivity index (χ4v) is 2.58. The monoisotopic (exact) mass is 190 g/mol. The van der Waals surface area contributed by atoms with Gasteiger partial charge in [-0.25, -0.2) is 0 Å². The number of hydrogen-bond acceptors (Lipinski definition) is 1. The molecule has 0 heterocycles. The smallest absolute Gasteiger partial charge is 0.0118 e. The maximum atomic E-state index is 2.39. The van der Waals surface area contributed by atoms with E-state index in [-0.39, 0.29) is 0 Å². The van der Waals surface area contributed by atoms with Crippen molar-refractivity contribution in [2.45, 2.75) is 30.6 Å². The standard InChI is InChI=1S/C12H14S/c1-3-7-11(8-4-1)13-12-9-5-2-6-10-12/h1,3-4,7-9H,2,5-6,10H2. The molecule has 1 heteroatoms. The average Bonchev–Trinajstić information content (AvgIpc) is 2.21. The van der Waals surface area contributed by atoms with Crippen molar-refractivity contribution in [3.63, 3.8) is 0 Å². The van der Waals surface area contributed by atoms with Crippen LogP contribution in [0.1, 0.15) is 25.7 Å². The molecular formula is C12H14S. The fourth-order valence-electron chi connectivity index (χ4n) is 1.54. The van der Waals surface area contributed by atoms with Crippen LogP contribution in [-0.4, -0.2) is 0 Å². The first-order valence-electron chi connectivity index (χ1n) is 4.87. The topological polar surface area (TPSA) is 0 Å². The molecule has 0 atom stereocenters. The minimum Gasteiger partial charge on any atom is -0.0949 e. The predicted molar refractivity (Wildman–Crippen MR) is 58.9 cm³/mol. The molecular weight excluding hydrogens is 176 g/mol. The number of rotatable bonds is 2. The third-order valence-electron chi connectivity index (χ3n) is 2.24. The van der Waals surface area contributed by atoms with Gasteiger partial charge in [0.1, 0.15) is 0 Å². The molecule has 0 spiro atoms. The summed E-state index contributed by atoms with van der Waals surface area (Å²) in [6.07, 6.45) is 7.68. The van der Waals surface area contributed by atoms with Gasteiger partial charge in [0.05, 0.1) is 0 Å². The van der Waals surface area contributed by atoms with Crippen LogP contribution in [0, 0.1) is 0 Å². The molecule has 68 valence electrons. The molecule has 2 rings (SSSR count). The Hall–Kier alpha value is -0.690. The second kappa shape index (κ2) is 4.52. The van der Waals surface area contributed by atoms with Crippen LogP contribution in [0.15, 0.2) is 46.2 Å². The van der Waals surface area contributed by atoms with E-state index in [1.165, 1.54) is 30.6 Å². The van der Waals surface area contributed by atoms with Gasteiger partial charge in [-0.3, -0.25) is 0 Å². The van der Waals surface area contributed by atoms with Crippen LogP contribution >= 0.6 is 11.8 Å². The first-order chi connectivity index (χ1) is 6.45. The number of benzene rings is 1. The number of allylic oxidation sites excluding steroid dienone is 2. The van der Waals surface area contributed by atoms with Gasteiger partial charge in [0.2, 0.25) is 0 Å². The highest BCUT2D eigenvalue weighted by Gasteiger charge is 2.04. The molecule has 1 aliphatic carbocycles. The largest absolute Gasteiger partial charge is 0.0949 e. The normalized spacial score (nSPS) is 16.8. The quantitative estimate of drug-likeness (QED) is 0.672. The Labute approximate surface area is 84.0 Å². The SMILES string of the molecule is C1=C(Sc2ccccc2)CCCC1. The molecule has 0 fully saturated rings. The van der Waals surface area contributed by atoms with Crippen molar-refractivity contribution in [2.75, 3.05) is 0 Å². The molecule has 0 radical (unpaired) electrons. The van der Waals surface area contributed by atoms with Crippen molar-refractivity contribution in [3.05, 3.63) is 41.3 Å². The molecule has 0 unspecified atom stereocenters. The molecule has 13 heavy (non-hydrogen) atoms. The molecule has 0 bridgehead atoms. The Kier molecular flexibility index (Phi) is 3.09. The summed E-state index contributed by atoms with van der Waals surface area (Å²) >= 11 is 1.93. The van der Waals surface area contributed by atoms with E-state index < -0.39 is 0 Å². The molecule has 1 aromatic rings. The Morgan fingerprint density at radius 2 is 1.85 bits per heavy atom. The third kappa shape index (κ3) is 2.63. The van der Waals surface area contributed by atoms with Crippen LogP contribution in [0.4, 0.5) is 0 Å². The summed E-state index contributed by atoms with van der Waals surface area (Å²) in [6.45, 7) is 0. The van der Waals surface area contributed by atoms with Crippen LogP contribution in [0.3, 0.4) is 0 Å². The molecule has 0 aliphatic heterocycles. The van der Waals surface area contributed by atoms with E-state index in [1.54, 1.807) is 4.91 Å². The third-order valence-corrected chi connectivity index (χ3v) is 3.38. The van der Waals surface area contributed by atoms with Gasteiger partial charge in [0, 0.05) is 4.90 Å². The second-order valence-electron chi connectivity index (χ2n) is 3.33. The zero-order valence-electron chi connectivity index (χ0n) is 7.70. The Bertz CT molecular complexity index is 287. The zero-order valence-corrected chi connectivity index (χ0v) is 8.52. The van der Waals surface area contributed by atoms with Crippen LogP contribution in [0.25, 0.3) is 0 Å². The molecule has 0 saturated carbocycles. The molecule has 1 aliphatic rings. The van der Waals surface area contributed by atoms with Gasteiger partial charge in [-0.15, -0.1) is 0 Å². The van der Waals surface area contributed by atoms with E-state index in [2.05, 4.69) is 36.4 Å². The highest BCUT2D eigenvalue weighted by molar-refractivity contribution is 8.03. The van der Waals surface area contributed by atoms with E-state index in [4.69, 9.17) is 0 Å². The molecule has 0 saturated heterocycles. The van der Waals surface area contributed by atoms with Crippen LogP contribution < -0.4 is 0 Å². The zero-order chi connectivity index (χ0) is 8.93. The van der Waals surface area contributed by atoms with Crippen molar-refractivity contribution in [1.29, 1.82) is 0 Å². The molecule has 0 N–H and O–H groups in total. The van der Waals surface area contributed by atoms with Gasteiger partial charge in [0.15, 0.2) is 0 Å². The fraction of sp³-hybridized carbons (Fsp3) is 0.333. The highest BCUT2D eigenvalue weighted by Crippen LogP contribution is 2.32. The van der Waals surface area contributed by atoms with E-state index in [0.717, 1.165) is 0 Å². The summed E-state index contributed by atoms with van der Waals surface area (Å²) in [5.74, 6) is 0. The predicted octanol–water partition coefficient (Wildman–Crippen LogP) is 4.24.